The number of nitrogens with zero attached hydrogens (tertiary/aromatic N) is 1. The Morgan fingerprint density at radius 1 is 1.04 bits per heavy atom. The van der Waals surface area contributed by atoms with Crippen LogP contribution in [0.5, 0.6) is 0 Å². The van der Waals surface area contributed by atoms with Gasteiger partial charge in [-0.15, -0.1) is 0 Å². The van der Waals surface area contributed by atoms with Crippen LogP contribution in [0.3, 0.4) is 0 Å². The second kappa shape index (κ2) is 8.48. The lowest BCUT2D eigenvalue weighted by molar-refractivity contribution is -0.111. The second-order valence-corrected chi connectivity index (χ2v) is 5.75. The Bertz CT molecular complexity index is 889. The molecule has 0 radical (unpaired) electrons. The van der Waals surface area contributed by atoms with Crippen LogP contribution in [-0.2, 0) is 11.3 Å². The molecule has 0 saturated carbocycles. The summed E-state index contributed by atoms with van der Waals surface area (Å²) in [5.74, 6) is -0.221. The lowest BCUT2D eigenvalue weighted by Crippen LogP contribution is -2.09. The number of rotatable bonds is 6. The van der Waals surface area contributed by atoms with Gasteiger partial charge in [0.2, 0.25) is 5.91 Å². The summed E-state index contributed by atoms with van der Waals surface area (Å²) in [7, 11) is 0. The largest absolute Gasteiger partial charge is 0.397 e. The van der Waals surface area contributed by atoms with Crippen LogP contribution in [0.2, 0.25) is 0 Å². The Morgan fingerprint density at radius 2 is 1.85 bits per heavy atom. The SMILES string of the molecule is Nc1ccccc1NC(=O)C=Cc1ccc(NCc2cccnc2)cc1. The number of para-hydroxylation sites is 2. The summed E-state index contributed by atoms with van der Waals surface area (Å²) in [5.41, 5.74) is 10.0. The number of anilines is 3. The zero-order valence-corrected chi connectivity index (χ0v) is 14.2. The van der Waals surface area contributed by atoms with E-state index in [1.165, 1.54) is 6.08 Å². The summed E-state index contributed by atoms with van der Waals surface area (Å²) in [5, 5.41) is 6.10. The molecule has 1 heterocycles. The summed E-state index contributed by atoms with van der Waals surface area (Å²) in [6.45, 7) is 0.712. The van der Waals surface area contributed by atoms with Crippen LogP contribution < -0.4 is 16.4 Å². The van der Waals surface area contributed by atoms with E-state index in [9.17, 15) is 4.79 Å². The minimum atomic E-state index is -0.221. The van der Waals surface area contributed by atoms with Crippen molar-refractivity contribution in [2.24, 2.45) is 0 Å². The number of benzene rings is 2. The fourth-order valence-electron chi connectivity index (χ4n) is 2.38. The summed E-state index contributed by atoms with van der Waals surface area (Å²) >= 11 is 0. The van der Waals surface area contributed by atoms with Gasteiger partial charge < -0.3 is 16.4 Å². The number of nitrogens with one attached hydrogen (secondary N) is 2. The number of nitrogens with two attached hydrogens (primary N) is 1. The van der Waals surface area contributed by atoms with Gasteiger partial charge in [-0.25, -0.2) is 0 Å². The molecule has 130 valence electrons. The van der Waals surface area contributed by atoms with Gasteiger partial charge in [0.05, 0.1) is 11.4 Å². The van der Waals surface area contributed by atoms with Gasteiger partial charge in [-0.3, -0.25) is 9.78 Å². The van der Waals surface area contributed by atoms with Crippen LogP contribution in [0, 0.1) is 0 Å². The van der Waals surface area contributed by atoms with E-state index in [1.54, 1.807) is 24.4 Å². The Kier molecular flexibility index (Phi) is 5.62. The maximum Gasteiger partial charge on any atom is 0.248 e. The lowest BCUT2D eigenvalue weighted by Gasteiger charge is -2.06. The molecule has 0 saturated heterocycles. The Balaban J connectivity index is 1.54. The smallest absolute Gasteiger partial charge is 0.248 e. The van der Waals surface area contributed by atoms with E-state index < -0.39 is 0 Å². The fraction of sp³-hybridized carbons (Fsp3) is 0.0476. The molecule has 5 nitrogen and oxygen atoms in total. The zero-order chi connectivity index (χ0) is 18.2. The van der Waals surface area contributed by atoms with Crippen LogP contribution in [0.1, 0.15) is 11.1 Å². The molecule has 0 aliphatic carbocycles. The second-order valence-electron chi connectivity index (χ2n) is 5.75. The molecule has 1 aromatic heterocycles. The average Bonchev–Trinajstić information content (AvgIpc) is 2.68. The zero-order valence-electron chi connectivity index (χ0n) is 14.2. The average molecular weight is 344 g/mol. The molecule has 0 atom stereocenters. The normalized spacial score (nSPS) is 10.6. The molecule has 3 aromatic rings. The summed E-state index contributed by atoms with van der Waals surface area (Å²) in [4.78, 5) is 16.1. The van der Waals surface area contributed by atoms with Crippen molar-refractivity contribution in [1.82, 2.24) is 4.98 Å². The highest BCUT2D eigenvalue weighted by molar-refractivity contribution is 6.03. The maximum absolute atomic E-state index is 12.0. The van der Waals surface area contributed by atoms with Gasteiger partial charge in [-0.2, -0.15) is 0 Å². The maximum atomic E-state index is 12.0. The van der Waals surface area contributed by atoms with E-state index in [1.807, 2.05) is 54.7 Å². The molecule has 1 amide bonds. The molecular weight excluding hydrogens is 324 g/mol. The third-order valence-corrected chi connectivity index (χ3v) is 3.78. The van der Waals surface area contributed by atoms with Gasteiger partial charge in [0.1, 0.15) is 0 Å². The van der Waals surface area contributed by atoms with E-state index in [0.717, 1.165) is 16.8 Å². The number of pyridine rings is 1. The van der Waals surface area contributed by atoms with Gasteiger partial charge in [-0.05, 0) is 47.5 Å². The van der Waals surface area contributed by atoms with Gasteiger partial charge >= 0.3 is 0 Å². The predicted molar refractivity (Wildman–Crippen MR) is 107 cm³/mol. The molecular formula is C21H20N4O. The predicted octanol–water partition coefficient (Wildman–Crippen LogP) is 3.93. The molecule has 0 unspecified atom stereocenters. The van der Waals surface area contributed by atoms with E-state index in [-0.39, 0.29) is 5.91 Å². The van der Waals surface area contributed by atoms with Gasteiger partial charge in [0, 0.05) is 30.7 Å². The van der Waals surface area contributed by atoms with Crippen LogP contribution >= 0.6 is 0 Å². The van der Waals surface area contributed by atoms with Gasteiger partial charge in [0.25, 0.3) is 0 Å². The molecule has 4 N–H and O–H groups in total. The first kappa shape index (κ1) is 17.2. The molecule has 0 fully saturated rings. The topological polar surface area (TPSA) is 80.0 Å². The van der Waals surface area contributed by atoms with Crippen LogP contribution in [0.4, 0.5) is 17.1 Å². The number of aromatic nitrogens is 1. The van der Waals surface area contributed by atoms with E-state index in [2.05, 4.69) is 15.6 Å². The summed E-state index contributed by atoms with van der Waals surface area (Å²) in [6.07, 6.45) is 6.85. The minimum absolute atomic E-state index is 0.221. The number of carbonyl (C=O) groups excluding carboxylic acids is 1. The highest BCUT2D eigenvalue weighted by Gasteiger charge is 2.01. The Labute approximate surface area is 152 Å². The van der Waals surface area contributed by atoms with Crippen molar-refractivity contribution in [2.75, 3.05) is 16.4 Å². The van der Waals surface area contributed by atoms with Crippen molar-refractivity contribution in [2.45, 2.75) is 6.54 Å². The Hall–Kier alpha value is -3.60. The number of carbonyl (C=O) groups is 1. The number of hydrogen-bond acceptors (Lipinski definition) is 4. The first-order valence-corrected chi connectivity index (χ1v) is 8.27. The molecule has 0 aliphatic heterocycles. The van der Waals surface area contributed by atoms with Crippen molar-refractivity contribution in [3.8, 4) is 0 Å². The first-order chi connectivity index (χ1) is 12.7. The van der Waals surface area contributed by atoms with Gasteiger partial charge in [-0.1, -0.05) is 30.3 Å². The van der Waals surface area contributed by atoms with Crippen molar-refractivity contribution < 1.29 is 4.79 Å². The lowest BCUT2D eigenvalue weighted by atomic mass is 10.2. The van der Waals surface area contributed by atoms with Gasteiger partial charge in [0.15, 0.2) is 0 Å². The number of nitrogen functional groups attached to an aromatic ring is 1. The molecule has 5 heteroatoms. The molecule has 0 aliphatic rings. The molecule has 0 bridgehead atoms. The first-order valence-electron chi connectivity index (χ1n) is 8.27. The number of hydrogen-bond donors (Lipinski definition) is 3. The van der Waals surface area contributed by atoms with Crippen LogP contribution in [0.25, 0.3) is 6.08 Å². The highest BCUT2D eigenvalue weighted by Crippen LogP contribution is 2.17. The highest BCUT2D eigenvalue weighted by atomic mass is 16.1. The molecule has 26 heavy (non-hydrogen) atoms. The monoisotopic (exact) mass is 344 g/mol. The molecule has 0 spiro atoms. The van der Waals surface area contributed by atoms with E-state index in [0.29, 0.717) is 17.9 Å². The third kappa shape index (κ3) is 4.95. The quantitative estimate of drug-likeness (QED) is 0.467. The van der Waals surface area contributed by atoms with E-state index in [4.69, 9.17) is 5.73 Å². The van der Waals surface area contributed by atoms with Crippen LogP contribution in [-0.4, -0.2) is 10.9 Å². The number of amides is 1. The molecule has 2 aromatic carbocycles. The summed E-state index contributed by atoms with van der Waals surface area (Å²) < 4.78 is 0. The fourth-order valence-corrected chi connectivity index (χ4v) is 2.38. The molecule has 3 rings (SSSR count). The minimum Gasteiger partial charge on any atom is -0.397 e. The van der Waals surface area contributed by atoms with Crippen LogP contribution in [0.15, 0.2) is 79.1 Å². The van der Waals surface area contributed by atoms with Crippen molar-refractivity contribution in [3.63, 3.8) is 0 Å². The summed E-state index contributed by atoms with van der Waals surface area (Å²) in [6, 6.07) is 19.0. The van der Waals surface area contributed by atoms with Crippen molar-refractivity contribution >= 4 is 29.0 Å². The third-order valence-electron chi connectivity index (χ3n) is 3.78. The van der Waals surface area contributed by atoms with Crippen molar-refractivity contribution in [3.05, 3.63) is 90.3 Å². The standard InChI is InChI=1S/C21H20N4O/c22-19-5-1-2-6-20(19)25-21(26)12-9-16-7-10-18(11-8-16)24-15-17-4-3-13-23-14-17/h1-14,24H,15,22H2,(H,25,26). The van der Waals surface area contributed by atoms with E-state index >= 15 is 0 Å². The Morgan fingerprint density at radius 3 is 2.58 bits per heavy atom. The van der Waals surface area contributed by atoms with Crippen molar-refractivity contribution in [1.29, 1.82) is 0 Å².